The summed E-state index contributed by atoms with van der Waals surface area (Å²) < 4.78 is 5.31. The number of rotatable bonds is 3. The Morgan fingerprint density at radius 2 is 2.29 bits per heavy atom. The summed E-state index contributed by atoms with van der Waals surface area (Å²) in [6.45, 7) is 6.00. The largest absolute Gasteiger partial charge is 0.394 e. The highest BCUT2D eigenvalue weighted by molar-refractivity contribution is 5.79. The number of hydrogen-bond acceptors (Lipinski definition) is 3. The van der Waals surface area contributed by atoms with Gasteiger partial charge in [-0.15, -0.1) is 0 Å². The van der Waals surface area contributed by atoms with Gasteiger partial charge in [0, 0.05) is 0 Å². The number of nitrogens with one attached hydrogen (secondary N) is 1. The summed E-state index contributed by atoms with van der Waals surface area (Å²) in [5.74, 6) is -0.0794. The molecule has 0 radical (unpaired) electrons. The summed E-state index contributed by atoms with van der Waals surface area (Å²) in [6.07, 6.45) is 0.941. The second-order valence-corrected chi connectivity index (χ2v) is 4.61. The van der Waals surface area contributed by atoms with Crippen LogP contribution in [0.4, 0.5) is 0 Å². The van der Waals surface area contributed by atoms with E-state index in [9.17, 15) is 4.79 Å². The van der Waals surface area contributed by atoms with Gasteiger partial charge in [0.25, 0.3) is 0 Å². The molecule has 1 amide bonds. The van der Waals surface area contributed by atoms with E-state index in [-0.39, 0.29) is 24.5 Å². The van der Waals surface area contributed by atoms with Crippen molar-refractivity contribution in [3.05, 3.63) is 0 Å². The fourth-order valence-electron chi connectivity index (χ4n) is 1.48. The maximum atomic E-state index is 11.7. The predicted molar refractivity (Wildman–Crippen MR) is 52.8 cm³/mol. The van der Waals surface area contributed by atoms with Crippen molar-refractivity contribution in [3.8, 4) is 0 Å². The first-order valence-corrected chi connectivity index (χ1v) is 4.99. The van der Waals surface area contributed by atoms with E-state index < -0.39 is 5.54 Å². The van der Waals surface area contributed by atoms with E-state index in [0.717, 1.165) is 6.42 Å². The molecule has 1 rings (SSSR count). The highest BCUT2D eigenvalue weighted by Gasteiger charge is 2.31. The van der Waals surface area contributed by atoms with E-state index in [1.54, 1.807) is 13.8 Å². The lowest BCUT2D eigenvalue weighted by Crippen LogP contribution is -2.48. The second kappa shape index (κ2) is 4.28. The molecule has 2 N–H and O–H groups in total. The molecule has 14 heavy (non-hydrogen) atoms. The lowest BCUT2D eigenvalue weighted by molar-refractivity contribution is -0.127. The zero-order chi connectivity index (χ0) is 10.8. The molecule has 1 heterocycles. The van der Waals surface area contributed by atoms with Crippen molar-refractivity contribution in [3.63, 3.8) is 0 Å². The summed E-state index contributed by atoms with van der Waals surface area (Å²) >= 11 is 0. The first-order valence-electron chi connectivity index (χ1n) is 4.99. The Kier molecular flexibility index (Phi) is 3.50. The van der Waals surface area contributed by atoms with Crippen molar-refractivity contribution < 1.29 is 14.6 Å². The molecule has 1 aliphatic heterocycles. The van der Waals surface area contributed by atoms with Gasteiger partial charge in [-0.25, -0.2) is 0 Å². The summed E-state index contributed by atoms with van der Waals surface area (Å²) in [6, 6.07) is 0. The first kappa shape index (κ1) is 11.5. The van der Waals surface area contributed by atoms with Crippen LogP contribution in [0.5, 0.6) is 0 Å². The molecule has 0 bridgehead atoms. The van der Waals surface area contributed by atoms with Crippen molar-refractivity contribution in [2.75, 3.05) is 13.2 Å². The topological polar surface area (TPSA) is 58.6 Å². The molecule has 0 spiro atoms. The van der Waals surface area contributed by atoms with Gasteiger partial charge in [0.1, 0.15) is 0 Å². The summed E-state index contributed by atoms with van der Waals surface area (Å²) in [5.41, 5.74) is -0.539. The van der Waals surface area contributed by atoms with Gasteiger partial charge in [-0.05, 0) is 27.2 Å². The summed E-state index contributed by atoms with van der Waals surface area (Å²) in [5, 5.41) is 11.8. The average Bonchev–Trinajstić information content (AvgIpc) is 2.51. The van der Waals surface area contributed by atoms with Crippen molar-refractivity contribution in [1.29, 1.82) is 0 Å². The van der Waals surface area contributed by atoms with E-state index in [1.165, 1.54) is 0 Å². The number of ether oxygens (including phenoxy) is 1. The Morgan fingerprint density at radius 3 is 2.71 bits per heavy atom. The lowest BCUT2D eigenvalue weighted by Gasteiger charge is -2.25. The predicted octanol–water partition coefficient (Wildman–Crippen LogP) is 0.299. The molecule has 0 saturated carbocycles. The van der Waals surface area contributed by atoms with Gasteiger partial charge in [-0.2, -0.15) is 0 Å². The third-order valence-corrected chi connectivity index (χ3v) is 2.43. The highest BCUT2D eigenvalue weighted by Crippen LogP contribution is 2.19. The molecule has 4 nitrogen and oxygen atoms in total. The van der Waals surface area contributed by atoms with Crippen LogP contribution in [0.3, 0.4) is 0 Å². The second-order valence-electron chi connectivity index (χ2n) is 4.61. The van der Waals surface area contributed by atoms with Gasteiger partial charge in [0.05, 0.1) is 30.8 Å². The Morgan fingerprint density at radius 1 is 1.64 bits per heavy atom. The Balaban J connectivity index is 2.43. The number of carbonyl (C=O) groups is 1. The summed E-state index contributed by atoms with van der Waals surface area (Å²) in [7, 11) is 0. The van der Waals surface area contributed by atoms with Crippen LogP contribution in [0.1, 0.15) is 27.2 Å². The van der Waals surface area contributed by atoms with Crippen LogP contribution in [0.15, 0.2) is 0 Å². The molecule has 0 aromatic heterocycles. The smallest absolute Gasteiger partial charge is 0.226 e. The number of aliphatic hydroxyl groups is 1. The minimum atomic E-state index is -0.539. The quantitative estimate of drug-likeness (QED) is 0.690. The van der Waals surface area contributed by atoms with Gasteiger partial charge < -0.3 is 15.2 Å². The molecule has 1 fully saturated rings. The zero-order valence-corrected chi connectivity index (χ0v) is 9.04. The van der Waals surface area contributed by atoms with E-state index in [1.807, 2.05) is 6.92 Å². The molecule has 0 aliphatic carbocycles. The van der Waals surface area contributed by atoms with Gasteiger partial charge in [-0.1, -0.05) is 0 Å². The normalized spacial score (nSPS) is 27.7. The van der Waals surface area contributed by atoms with E-state index in [4.69, 9.17) is 9.84 Å². The van der Waals surface area contributed by atoms with Crippen molar-refractivity contribution in [1.82, 2.24) is 5.32 Å². The van der Waals surface area contributed by atoms with Crippen LogP contribution in [-0.4, -0.2) is 35.9 Å². The average molecular weight is 201 g/mol. The SMILES string of the molecule is CC1CC(C(=O)NC(C)(C)CO)CO1. The number of aliphatic hydroxyl groups excluding tert-OH is 1. The molecular weight excluding hydrogens is 182 g/mol. The molecule has 2 unspecified atom stereocenters. The highest BCUT2D eigenvalue weighted by atomic mass is 16.5. The molecular formula is C10H19NO3. The van der Waals surface area contributed by atoms with Crippen molar-refractivity contribution in [2.24, 2.45) is 5.92 Å². The van der Waals surface area contributed by atoms with Crippen molar-refractivity contribution in [2.45, 2.75) is 38.8 Å². The van der Waals surface area contributed by atoms with Crippen LogP contribution in [0.2, 0.25) is 0 Å². The van der Waals surface area contributed by atoms with Gasteiger partial charge in [0.2, 0.25) is 5.91 Å². The fraction of sp³-hybridized carbons (Fsp3) is 0.900. The third kappa shape index (κ3) is 2.96. The Bertz CT molecular complexity index is 215. The van der Waals surface area contributed by atoms with Gasteiger partial charge in [0.15, 0.2) is 0 Å². The Labute approximate surface area is 84.6 Å². The van der Waals surface area contributed by atoms with E-state index >= 15 is 0 Å². The van der Waals surface area contributed by atoms with Crippen LogP contribution >= 0.6 is 0 Å². The van der Waals surface area contributed by atoms with Crippen LogP contribution < -0.4 is 5.32 Å². The maximum absolute atomic E-state index is 11.7. The molecule has 4 heteroatoms. The number of carbonyl (C=O) groups excluding carboxylic acids is 1. The maximum Gasteiger partial charge on any atom is 0.226 e. The number of amides is 1. The van der Waals surface area contributed by atoms with Crippen LogP contribution in [0, 0.1) is 5.92 Å². The molecule has 0 aromatic carbocycles. The molecule has 1 saturated heterocycles. The minimum Gasteiger partial charge on any atom is -0.394 e. The number of hydrogen-bond donors (Lipinski definition) is 2. The Hall–Kier alpha value is -0.610. The van der Waals surface area contributed by atoms with Gasteiger partial charge >= 0.3 is 0 Å². The minimum absolute atomic E-state index is 0.0200. The molecule has 82 valence electrons. The van der Waals surface area contributed by atoms with Gasteiger partial charge in [-0.3, -0.25) is 4.79 Å². The standard InChI is InChI=1S/C10H19NO3/c1-7-4-8(5-14-7)9(13)11-10(2,3)6-12/h7-8,12H,4-6H2,1-3H3,(H,11,13). The lowest BCUT2D eigenvalue weighted by atomic mass is 10.0. The van der Waals surface area contributed by atoms with E-state index in [0.29, 0.717) is 6.61 Å². The van der Waals surface area contributed by atoms with Crippen LogP contribution in [-0.2, 0) is 9.53 Å². The molecule has 0 aromatic rings. The summed E-state index contributed by atoms with van der Waals surface area (Å²) in [4.78, 5) is 11.7. The third-order valence-electron chi connectivity index (χ3n) is 2.43. The molecule has 2 atom stereocenters. The van der Waals surface area contributed by atoms with Crippen molar-refractivity contribution >= 4 is 5.91 Å². The zero-order valence-electron chi connectivity index (χ0n) is 9.04. The first-order chi connectivity index (χ1) is 6.44. The molecule has 1 aliphatic rings. The van der Waals surface area contributed by atoms with E-state index in [2.05, 4.69) is 5.32 Å². The monoisotopic (exact) mass is 201 g/mol. The van der Waals surface area contributed by atoms with Crippen LogP contribution in [0.25, 0.3) is 0 Å². The fourth-order valence-corrected chi connectivity index (χ4v) is 1.48.